The fourth-order valence-corrected chi connectivity index (χ4v) is 4.11. The van der Waals surface area contributed by atoms with Gasteiger partial charge in [0.25, 0.3) is 11.8 Å². The summed E-state index contributed by atoms with van der Waals surface area (Å²) >= 11 is 3.43. The largest absolute Gasteiger partial charge is 0.488 e. The van der Waals surface area contributed by atoms with Crippen molar-refractivity contribution < 1.29 is 19.1 Å². The summed E-state index contributed by atoms with van der Waals surface area (Å²) in [5.74, 6) is -0.935. The first-order valence-electron chi connectivity index (χ1n) is 10.7. The molecule has 1 heterocycles. The second-order valence-corrected chi connectivity index (χ2v) is 9.18. The second-order valence-electron chi connectivity index (χ2n) is 8.26. The molecule has 0 spiro atoms. The Bertz CT molecular complexity index is 1310. The van der Waals surface area contributed by atoms with E-state index >= 15 is 0 Å². The number of rotatable bonds is 5. The molecule has 172 valence electrons. The van der Waals surface area contributed by atoms with Gasteiger partial charge in [-0.05, 0) is 73.9 Å². The molecule has 3 aromatic carbocycles. The minimum absolute atomic E-state index is 0.156. The topological polar surface area (TPSA) is 75.7 Å². The molecule has 7 heteroatoms. The number of anilines is 1. The van der Waals surface area contributed by atoms with Crippen molar-refractivity contribution in [1.29, 1.82) is 0 Å². The Morgan fingerprint density at radius 3 is 2.24 bits per heavy atom. The van der Waals surface area contributed by atoms with Gasteiger partial charge in [-0.1, -0.05) is 51.8 Å². The van der Waals surface area contributed by atoms with E-state index in [0.29, 0.717) is 23.6 Å². The van der Waals surface area contributed by atoms with E-state index in [0.717, 1.165) is 31.6 Å². The number of urea groups is 1. The number of hydrogen-bond acceptors (Lipinski definition) is 4. The monoisotopic (exact) mass is 518 g/mol. The summed E-state index contributed by atoms with van der Waals surface area (Å²) in [6.45, 7) is 6.10. The molecule has 0 atom stereocenters. The fourth-order valence-electron chi connectivity index (χ4n) is 3.74. The summed E-state index contributed by atoms with van der Waals surface area (Å²) in [6, 6.07) is 18.0. The number of ether oxygens (including phenoxy) is 1. The number of aryl methyl sites for hydroxylation is 3. The van der Waals surface area contributed by atoms with Crippen LogP contribution < -0.4 is 15.0 Å². The lowest BCUT2D eigenvalue weighted by Crippen LogP contribution is -2.54. The zero-order chi connectivity index (χ0) is 24.4. The highest BCUT2D eigenvalue weighted by Gasteiger charge is 2.37. The average molecular weight is 519 g/mol. The molecule has 6 nitrogen and oxygen atoms in total. The van der Waals surface area contributed by atoms with Gasteiger partial charge in [0.1, 0.15) is 17.9 Å². The first-order valence-corrected chi connectivity index (χ1v) is 11.5. The molecule has 1 N–H and O–H groups in total. The van der Waals surface area contributed by atoms with Gasteiger partial charge in [-0.3, -0.25) is 14.9 Å². The maximum Gasteiger partial charge on any atom is 0.335 e. The van der Waals surface area contributed by atoms with E-state index in [2.05, 4.69) is 21.2 Å². The minimum Gasteiger partial charge on any atom is -0.488 e. The van der Waals surface area contributed by atoms with Gasteiger partial charge < -0.3 is 4.74 Å². The van der Waals surface area contributed by atoms with Gasteiger partial charge in [0.05, 0.1) is 5.69 Å². The number of benzene rings is 3. The molecular weight excluding hydrogens is 496 g/mol. The van der Waals surface area contributed by atoms with Crippen molar-refractivity contribution in [1.82, 2.24) is 5.32 Å². The summed E-state index contributed by atoms with van der Waals surface area (Å²) in [4.78, 5) is 39.5. The number of imide groups is 2. The zero-order valence-corrected chi connectivity index (χ0v) is 20.6. The van der Waals surface area contributed by atoms with Crippen molar-refractivity contribution in [2.75, 3.05) is 4.90 Å². The third-order valence-electron chi connectivity index (χ3n) is 5.35. The van der Waals surface area contributed by atoms with Gasteiger partial charge in [0, 0.05) is 10.0 Å². The molecule has 0 aromatic heterocycles. The van der Waals surface area contributed by atoms with Crippen LogP contribution in [0.3, 0.4) is 0 Å². The Labute approximate surface area is 206 Å². The van der Waals surface area contributed by atoms with Crippen LogP contribution in [0.1, 0.15) is 27.8 Å². The van der Waals surface area contributed by atoms with Crippen molar-refractivity contribution in [3.05, 3.63) is 98.5 Å². The molecule has 1 aliphatic heterocycles. The van der Waals surface area contributed by atoms with Crippen LogP contribution in [0.25, 0.3) is 6.08 Å². The van der Waals surface area contributed by atoms with E-state index in [1.54, 1.807) is 24.3 Å². The second kappa shape index (κ2) is 9.65. The van der Waals surface area contributed by atoms with E-state index in [1.807, 2.05) is 57.2 Å². The summed E-state index contributed by atoms with van der Waals surface area (Å²) in [5, 5.41) is 2.27. The number of nitrogens with one attached hydrogen (secondary N) is 1. The number of carbonyl (C=O) groups is 3. The van der Waals surface area contributed by atoms with Crippen molar-refractivity contribution >= 4 is 45.5 Å². The van der Waals surface area contributed by atoms with Crippen LogP contribution in [0.2, 0.25) is 0 Å². The van der Waals surface area contributed by atoms with Gasteiger partial charge in [-0.2, -0.15) is 0 Å². The molecular formula is C27H23BrN2O4. The van der Waals surface area contributed by atoms with E-state index in [-0.39, 0.29) is 5.57 Å². The Kier molecular flexibility index (Phi) is 6.65. The normalized spacial score (nSPS) is 15.0. The molecule has 4 rings (SSSR count). The van der Waals surface area contributed by atoms with Crippen molar-refractivity contribution in [2.45, 2.75) is 27.4 Å². The SMILES string of the molecule is Cc1ccc(COc2ccc(Br)cc2/C=C2\C(=O)NC(=O)N(c3cc(C)cc(C)c3)C2=O)cc1. The quantitative estimate of drug-likeness (QED) is 0.351. The van der Waals surface area contributed by atoms with Crippen LogP contribution in [0, 0.1) is 20.8 Å². The third kappa shape index (κ3) is 5.10. The van der Waals surface area contributed by atoms with Crippen molar-refractivity contribution in [2.24, 2.45) is 0 Å². The first-order chi connectivity index (χ1) is 16.2. The molecule has 0 bridgehead atoms. The fraction of sp³-hybridized carbons (Fsp3) is 0.148. The molecule has 0 unspecified atom stereocenters. The molecule has 3 aromatic rings. The first kappa shape index (κ1) is 23.4. The third-order valence-corrected chi connectivity index (χ3v) is 5.85. The van der Waals surface area contributed by atoms with Crippen LogP contribution in [0.15, 0.2) is 70.7 Å². The van der Waals surface area contributed by atoms with E-state index in [1.165, 1.54) is 6.08 Å². The Morgan fingerprint density at radius 1 is 0.882 bits per heavy atom. The van der Waals surface area contributed by atoms with Gasteiger partial charge >= 0.3 is 6.03 Å². The van der Waals surface area contributed by atoms with Gasteiger partial charge in [0.15, 0.2) is 0 Å². The summed E-state index contributed by atoms with van der Waals surface area (Å²) < 4.78 is 6.76. The molecule has 1 aliphatic rings. The van der Waals surface area contributed by atoms with Crippen LogP contribution in [0.4, 0.5) is 10.5 Å². The number of nitrogens with zero attached hydrogens (tertiary/aromatic N) is 1. The highest BCUT2D eigenvalue weighted by molar-refractivity contribution is 9.10. The lowest BCUT2D eigenvalue weighted by molar-refractivity contribution is -0.122. The lowest BCUT2D eigenvalue weighted by Gasteiger charge is -2.27. The van der Waals surface area contributed by atoms with Crippen molar-refractivity contribution in [3.63, 3.8) is 0 Å². The number of carbonyl (C=O) groups excluding carboxylic acids is 3. The predicted molar refractivity (Wildman–Crippen MR) is 135 cm³/mol. The van der Waals surface area contributed by atoms with E-state index in [4.69, 9.17) is 4.74 Å². The highest BCUT2D eigenvalue weighted by atomic mass is 79.9. The average Bonchev–Trinajstić information content (AvgIpc) is 2.76. The smallest absolute Gasteiger partial charge is 0.335 e. The van der Waals surface area contributed by atoms with Crippen LogP contribution in [-0.2, 0) is 16.2 Å². The molecule has 4 amide bonds. The van der Waals surface area contributed by atoms with Crippen molar-refractivity contribution in [3.8, 4) is 5.75 Å². The molecule has 34 heavy (non-hydrogen) atoms. The zero-order valence-electron chi connectivity index (χ0n) is 19.0. The van der Waals surface area contributed by atoms with Crippen LogP contribution in [0.5, 0.6) is 5.75 Å². The Morgan fingerprint density at radius 2 is 1.56 bits per heavy atom. The molecule has 0 saturated carbocycles. The van der Waals surface area contributed by atoms with Gasteiger partial charge in [-0.25, -0.2) is 9.69 Å². The molecule has 0 aliphatic carbocycles. The Hall–Kier alpha value is -3.71. The van der Waals surface area contributed by atoms with Gasteiger partial charge in [0.2, 0.25) is 0 Å². The molecule has 0 radical (unpaired) electrons. The van der Waals surface area contributed by atoms with Crippen LogP contribution in [-0.4, -0.2) is 17.8 Å². The number of halogens is 1. The van der Waals surface area contributed by atoms with Crippen LogP contribution >= 0.6 is 15.9 Å². The maximum absolute atomic E-state index is 13.3. The molecule has 1 fully saturated rings. The Balaban J connectivity index is 1.68. The predicted octanol–water partition coefficient (Wildman–Crippen LogP) is 5.62. The van der Waals surface area contributed by atoms with Gasteiger partial charge in [-0.15, -0.1) is 0 Å². The summed E-state index contributed by atoms with van der Waals surface area (Å²) in [5.41, 5.74) is 4.73. The van der Waals surface area contributed by atoms with E-state index < -0.39 is 17.8 Å². The number of amides is 4. The summed E-state index contributed by atoms with van der Waals surface area (Å²) in [6.07, 6.45) is 1.45. The number of barbiturate groups is 1. The number of hydrogen-bond donors (Lipinski definition) is 1. The minimum atomic E-state index is -0.776. The molecule has 1 saturated heterocycles. The maximum atomic E-state index is 13.3. The van der Waals surface area contributed by atoms with E-state index in [9.17, 15) is 14.4 Å². The standard InChI is InChI=1S/C27H23BrN2O4/c1-16-4-6-19(7-5-16)15-34-24-9-8-21(28)13-20(24)14-23-25(31)29-27(33)30(26(23)32)22-11-17(2)10-18(3)12-22/h4-14H,15H2,1-3H3,(H,29,31,33)/b23-14+. The summed E-state index contributed by atoms with van der Waals surface area (Å²) in [7, 11) is 0. The lowest BCUT2D eigenvalue weighted by atomic mass is 10.0. The highest BCUT2D eigenvalue weighted by Crippen LogP contribution is 2.29.